The molecule has 0 aliphatic heterocycles. The number of H-pyrrole nitrogens is 1. The molecule has 5 nitrogen and oxygen atoms in total. The third-order valence-electron chi connectivity index (χ3n) is 4.15. The Morgan fingerprint density at radius 2 is 1.70 bits per heavy atom. The summed E-state index contributed by atoms with van der Waals surface area (Å²) in [5, 5.41) is 0. The number of aromatic nitrogens is 2. The number of thioether (sulfide) groups is 1. The molecule has 0 radical (unpaired) electrons. The van der Waals surface area contributed by atoms with Gasteiger partial charge in [-0.15, -0.1) is 11.8 Å². The van der Waals surface area contributed by atoms with Gasteiger partial charge in [0, 0.05) is 16.1 Å². The van der Waals surface area contributed by atoms with E-state index in [1.54, 1.807) is 42.1 Å². The molecule has 2 N–H and O–H groups in total. The molecule has 27 heavy (non-hydrogen) atoms. The summed E-state index contributed by atoms with van der Waals surface area (Å²) in [6.07, 6.45) is 1.97. The molecule has 1 aromatic heterocycles. The van der Waals surface area contributed by atoms with E-state index in [4.69, 9.17) is 0 Å². The average Bonchev–Trinajstić information content (AvgIpc) is 3.12. The lowest BCUT2D eigenvalue weighted by Crippen LogP contribution is -2.12. The molecule has 0 saturated carbocycles. The van der Waals surface area contributed by atoms with Crippen molar-refractivity contribution >= 4 is 38.5 Å². The van der Waals surface area contributed by atoms with Gasteiger partial charge in [-0.2, -0.15) is 0 Å². The Hall–Kier alpha value is -2.77. The Bertz CT molecular complexity index is 1190. The second kappa shape index (κ2) is 7.09. The fourth-order valence-electron chi connectivity index (χ4n) is 2.76. The van der Waals surface area contributed by atoms with Crippen LogP contribution in [0.5, 0.6) is 0 Å². The molecule has 0 spiro atoms. The van der Waals surface area contributed by atoms with Crippen LogP contribution in [-0.4, -0.2) is 24.6 Å². The number of rotatable bonds is 5. The molecule has 4 aromatic rings. The predicted molar refractivity (Wildman–Crippen MR) is 111 cm³/mol. The van der Waals surface area contributed by atoms with Crippen molar-refractivity contribution in [3.8, 4) is 11.4 Å². The number of anilines is 1. The van der Waals surface area contributed by atoms with Gasteiger partial charge in [-0.05, 0) is 48.7 Å². The fourth-order valence-corrected chi connectivity index (χ4v) is 4.25. The molecule has 0 aliphatic rings. The Morgan fingerprint density at radius 3 is 2.41 bits per heavy atom. The van der Waals surface area contributed by atoms with Crippen LogP contribution in [-0.2, 0) is 10.0 Å². The quantitative estimate of drug-likeness (QED) is 0.478. The predicted octanol–water partition coefficient (Wildman–Crippen LogP) is 4.75. The molecule has 0 atom stereocenters. The minimum absolute atomic E-state index is 0.187. The van der Waals surface area contributed by atoms with Crippen LogP contribution in [0.4, 0.5) is 5.69 Å². The summed E-state index contributed by atoms with van der Waals surface area (Å²) < 4.78 is 28.1. The van der Waals surface area contributed by atoms with Crippen LogP contribution in [0.15, 0.2) is 82.6 Å². The Morgan fingerprint density at radius 1 is 0.963 bits per heavy atom. The zero-order valence-corrected chi connectivity index (χ0v) is 16.1. The monoisotopic (exact) mass is 395 g/mol. The highest BCUT2D eigenvalue weighted by Crippen LogP contribution is 2.24. The molecule has 3 aromatic carbocycles. The van der Waals surface area contributed by atoms with Crippen LogP contribution in [0.1, 0.15) is 0 Å². The van der Waals surface area contributed by atoms with E-state index in [0.29, 0.717) is 17.0 Å². The van der Waals surface area contributed by atoms with Gasteiger partial charge >= 0.3 is 0 Å². The molecule has 4 rings (SSSR count). The van der Waals surface area contributed by atoms with Crippen molar-refractivity contribution in [2.75, 3.05) is 11.0 Å². The van der Waals surface area contributed by atoms with Crippen LogP contribution in [0.25, 0.3) is 22.4 Å². The highest BCUT2D eigenvalue weighted by atomic mass is 32.2. The normalized spacial score (nSPS) is 11.6. The van der Waals surface area contributed by atoms with Crippen LogP contribution < -0.4 is 4.72 Å². The van der Waals surface area contributed by atoms with Gasteiger partial charge in [-0.1, -0.05) is 30.3 Å². The first-order valence-corrected chi connectivity index (χ1v) is 11.0. The van der Waals surface area contributed by atoms with E-state index >= 15 is 0 Å². The van der Waals surface area contributed by atoms with Gasteiger partial charge in [0.1, 0.15) is 5.82 Å². The van der Waals surface area contributed by atoms with Crippen molar-refractivity contribution in [1.29, 1.82) is 0 Å². The van der Waals surface area contributed by atoms with E-state index in [-0.39, 0.29) is 4.90 Å². The van der Waals surface area contributed by atoms with Crippen LogP contribution >= 0.6 is 11.8 Å². The van der Waals surface area contributed by atoms with Crippen molar-refractivity contribution in [3.05, 3.63) is 72.8 Å². The first kappa shape index (κ1) is 17.6. The molecule has 0 fully saturated rings. The number of hydrogen-bond acceptors (Lipinski definition) is 4. The zero-order chi connectivity index (χ0) is 18.9. The number of nitrogens with one attached hydrogen (secondary N) is 2. The second-order valence-corrected chi connectivity index (χ2v) is 8.53. The summed E-state index contributed by atoms with van der Waals surface area (Å²) in [5.74, 6) is 0.709. The third kappa shape index (κ3) is 3.70. The van der Waals surface area contributed by atoms with E-state index in [1.807, 2.05) is 48.7 Å². The Balaban J connectivity index is 1.66. The van der Waals surface area contributed by atoms with Crippen LogP contribution in [0.2, 0.25) is 0 Å². The van der Waals surface area contributed by atoms with Crippen molar-refractivity contribution < 1.29 is 8.42 Å². The topological polar surface area (TPSA) is 74.8 Å². The maximum Gasteiger partial charge on any atom is 0.261 e. The standard InChI is InChI=1S/C20H17N3O2S2/c1-26-16-9-7-15(8-10-16)23-27(24,25)17-11-12-18-19(13-17)22-20(21-18)14-5-3-2-4-6-14/h2-13,23H,1H3,(H,21,22). The fraction of sp³-hybridized carbons (Fsp3) is 0.0500. The minimum atomic E-state index is -3.68. The number of benzene rings is 3. The largest absolute Gasteiger partial charge is 0.338 e. The number of imidazole rings is 1. The van der Waals surface area contributed by atoms with Crippen LogP contribution in [0.3, 0.4) is 0 Å². The lowest BCUT2D eigenvalue weighted by Gasteiger charge is -2.08. The summed E-state index contributed by atoms with van der Waals surface area (Å²) in [4.78, 5) is 8.99. The van der Waals surface area contributed by atoms with E-state index in [0.717, 1.165) is 16.0 Å². The van der Waals surface area contributed by atoms with Gasteiger partial charge in [0.25, 0.3) is 10.0 Å². The highest BCUT2D eigenvalue weighted by Gasteiger charge is 2.16. The lowest BCUT2D eigenvalue weighted by atomic mass is 10.2. The molecule has 7 heteroatoms. The average molecular weight is 396 g/mol. The molecule has 0 unspecified atom stereocenters. The number of hydrogen-bond donors (Lipinski definition) is 2. The second-order valence-electron chi connectivity index (χ2n) is 5.96. The zero-order valence-electron chi connectivity index (χ0n) is 14.5. The maximum atomic E-state index is 12.7. The van der Waals surface area contributed by atoms with Crippen molar-refractivity contribution in [3.63, 3.8) is 0 Å². The van der Waals surface area contributed by atoms with Gasteiger partial charge < -0.3 is 4.98 Å². The van der Waals surface area contributed by atoms with Gasteiger partial charge in [0.05, 0.1) is 15.9 Å². The van der Waals surface area contributed by atoms with Gasteiger partial charge in [0.2, 0.25) is 0 Å². The van der Waals surface area contributed by atoms with Gasteiger partial charge in [-0.25, -0.2) is 13.4 Å². The molecule has 0 amide bonds. The molecule has 1 heterocycles. The summed E-state index contributed by atoms with van der Waals surface area (Å²) in [5.41, 5.74) is 2.87. The first-order chi connectivity index (χ1) is 13.0. The van der Waals surface area contributed by atoms with Crippen molar-refractivity contribution in [1.82, 2.24) is 9.97 Å². The smallest absolute Gasteiger partial charge is 0.261 e. The summed E-state index contributed by atoms with van der Waals surface area (Å²) >= 11 is 1.61. The summed E-state index contributed by atoms with van der Waals surface area (Å²) in [6.45, 7) is 0. The minimum Gasteiger partial charge on any atom is -0.338 e. The van der Waals surface area contributed by atoms with Gasteiger partial charge in [0.15, 0.2) is 0 Å². The number of fused-ring (bicyclic) bond motifs is 1. The van der Waals surface area contributed by atoms with Crippen molar-refractivity contribution in [2.45, 2.75) is 9.79 Å². The SMILES string of the molecule is CSc1ccc(NS(=O)(=O)c2ccc3nc(-c4ccccc4)[nH]c3c2)cc1. The van der Waals surface area contributed by atoms with E-state index < -0.39 is 10.0 Å². The number of nitrogens with zero attached hydrogens (tertiary/aromatic N) is 1. The van der Waals surface area contributed by atoms with E-state index in [1.165, 1.54) is 0 Å². The molecule has 0 saturated heterocycles. The molecule has 136 valence electrons. The lowest BCUT2D eigenvalue weighted by molar-refractivity contribution is 0.601. The highest BCUT2D eigenvalue weighted by molar-refractivity contribution is 7.98. The summed E-state index contributed by atoms with van der Waals surface area (Å²) in [6, 6.07) is 21.9. The Labute approximate surface area is 161 Å². The van der Waals surface area contributed by atoms with Crippen molar-refractivity contribution in [2.24, 2.45) is 0 Å². The van der Waals surface area contributed by atoms with E-state index in [2.05, 4.69) is 14.7 Å². The third-order valence-corrected chi connectivity index (χ3v) is 6.28. The van der Waals surface area contributed by atoms with Gasteiger partial charge in [-0.3, -0.25) is 4.72 Å². The van der Waals surface area contributed by atoms with E-state index in [9.17, 15) is 8.42 Å². The first-order valence-electron chi connectivity index (χ1n) is 8.27. The van der Waals surface area contributed by atoms with Crippen LogP contribution in [0, 0.1) is 0 Å². The molecule has 0 aliphatic carbocycles. The Kier molecular flexibility index (Phi) is 4.63. The summed E-state index contributed by atoms with van der Waals surface area (Å²) in [7, 11) is -3.68. The number of sulfonamides is 1. The number of aromatic amines is 1. The maximum absolute atomic E-state index is 12.7. The molecular weight excluding hydrogens is 378 g/mol. The molecular formula is C20H17N3O2S2. The molecule has 0 bridgehead atoms.